The Morgan fingerprint density at radius 1 is 0.725 bits per heavy atom. The highest BCUT2D eigenvalue weighted by Gasteiger charge is 2.36. The van der Waals surface area contributed by atoms with Crippen LogP contribution in [0.1, 0.15) is 82.8 Å². The van der Waals surface area contributed by atoms with Crippen molar-refractivity contribution < 1.29 is 18.3 Å². The third-order valence-corrected chi connectivity index (χ3v) is 9.19. The maximum atomic E-state index is 14.4. The number of hydrogen-bond donors (Lipinski definition) is 0. The SMILES string of the molecule is CCOc1ccc(OCC2CCC3CC(c4ccc(-c5ccc(CCC(C)C)cc5)cc4)CCC3C2)c(F)c1F. The number of benzene rings is 3. The molecular formula is C36H44F2O2. The van der Waals surface area contributed by atoms with Gasteiger partial charge in [0.2, 0.25) is 11.6 Å². The first-order valence-electron chi connectivity index (χ1n) is 15.3. The van der Waals surface area contributed by atoms with Crippen LogP contribution in [0.4, 0.5) is 8.78 Å². The lowest BCUT2D eigenvalue weighted by molar-refractivity contribution is 0.0901. The Hall–Kier alpha value is -2.88. The van der Waals surface area contributed by atoms with E-state index in [4.69, 9.17) is 9.47 Å². The average molecular weight is 547 g/mol. The molecule has 0 radical (unpaired) electrons. The van der Waals surface area contributed by atoms with Gasteiger partial charge in [0.1, 0.15) is 0 Å². The number of aryl methyl sites for hydroxylation is 1. The molecule has 2 nitrogen and oxygen atoms in total. The first-order valence-corrected chi connectivity index (χ1v) is 15.3. The smallest absolute Gasteiger partial charge is 0.204 e. The largest absolute Gasteiger partial charge is 0.491 e. The lowest BCUT2D eigenvalue weighted by Crippen LogP contribution is -2.32. The van der Waals surface area contributed by atoms with Gasteiger partial charge in [-0.3, -0.25) is 0 Å². The molecular weight excluding hydrogens is 502 g/mol. The minimum atomic E-state index is -0.968. The number of hydrogen-bond acceptors (Lipinski definition) is 2. The van der Waals surface area contributed by atoms with Gasteiger partial charge in [0.05, 0.1) is 13.2 Å². The van der Waals surface area contributed by atoms with Crippen LogP contribution < -0.4 is 9.47 Å². The average Bonchev–Trinajstić information content (AvgIpc) is 2.98. The van der Waals surface area contributed by atoms with Crippen molar-refractivity contribution in [1.82, 2.24) is 0 Å². The minimum absolute atomic E-state index is 0.0164. The van der Waals surface area contributed by atoms with E-state index in [1.807, 2.05) is 0 Å². The van der Waals surface area contributed by atoms with E-state index in [0.29, 0.717) is 31.0 Å². The van der Waals surface area contributed by atoms with Gasteiger partial charge in [-0.15, -0.1) is 0 Å². The second-order valence-electron chi connectivity index (χ2n) is 12.4. The molecule has 3 aromatic rings. The van der Waals surface area contributed by atoms with Gasteiger partial charge in [0.25, 0.3) is 0 Å². The van der Waals surface area contributed by atoms with E-state index in [2.05, 4.69) is 62.4 Å². The van der Waals surface area contributed by atoms with Crippen molar-refractivity contribution >= 4 is 0 Å². The Bertz CT molecular complexity index is 1230. The van der Waals surface area contributed by atoms with Gasteiger partial charge >= 0.3 is 0 Å². The molecule has 2 fully saturated rings. The summed E-state index contributed by atoms with van der Waals surface area (Å²) in [6.45, 7) is 7.04. The molecule has 40 heavy (non-hydrogen) atoms. The van der Waals surface area contributed by atoms with Crippen LogP contribution in [0.5, 0.6) is 11.5 Å². The van der Waals surface area contributed by atoms with E-state index >= 15 is 0 Å². The van der Waals surface area contributed by atoms with E-state index < -0.39 is 11.6 Å². The molecule has 0 amide bonds. The van der Waals surface area contributed by atoms with Gasteiger partial charge in [-0.05, 0) is 122 Å². The van der Waals surface area contributed by atoms with Crippen molar-refractivity contribution in [1.29, 1.82) is 0 Å². The van der Waals surface area contributed by atoms with Crippen molar-refractivity contribution in [3.05, 3.63) is 83.4 Å². The molecule has 0 bridgehead atoms. The fraction of sp³-hybridized carbons (Fsp3) is 0.500. The molecule has 4 heteroatoms. The first-order chi connectivity index (χ1) is 19.4. The van der Waals surface area contributed by atoms with E-state index in [0.717, 1.165) is 31.1 Å². The number of halogens is 2. The summed E-state index contributed by atoms with van der Waals surface area (Å²) in [5, 5.41) is 0. The molecule has 4 unspecified atom stereocenters. The molecule has 2 saturated carbocycles. The maximum Gasteiger partial charge on any atom is 0.204 e. The van der Waals surface area contributed by atoms with E-state index in [-0.39, 0.29) is 11.5 Å². The summed E-state index contributed by atoms with van der Waals surface area (Å²) in [5.41, 5.74) is 5.47. The van der Waals surface area contributed by atoms with Gasteiger partial charge in [0.15, 0.2) is 11.5 Å². The molecule has 3 aromatic carbocycles. The van der Waals surface area contributed by atoms with Crippen LogP contribution in [0.15, 0.2) is 60.7 Å². The standard InChI is InChI=1S/C36H44F2O2/c1-4-39-33-19-20-34(36(38)35(33)37)40-23-26-9-12-32-22-31(18-17-30(32)21-26)29-15-13-28(14-16-29)27-10-7-25(8-11-27)6-5-24(2)3/h7-8,10-11,13-16,19-20,24,26,30-32H,4-6,9,12,17-18,21-23H2,1-3H3. The van der Waals surface area contributed by atoms with Crippen LogP contribution >= 0.6 is 0 Å². The second-order valence-corrected chi connectivity index (χ2v) is 12.4. The van der Waals surface area contributed by atoms with Crippen molar-refractivity contribution in [2.24, 2.45) is 23.7 Å². The van der Waals surface area contributed by atoms with Gasteiger partial charge in [0, 0.05) is 0 Å². The number of rotatable bonds is 10. The topological polar surface area (TPSA) is 18.5 Å². The predicted octanol–water partition coefficient (Wildman–Crippen LogP) is 10.00. The predicted molar refractivity (Wildman–Crippen MR) is 159 cm³/mol. The van der Waals surface area contributed by atoms with Crippen LogP contribution in [0.3, 0.4) is 0 Å². The van der Waals surface area contributed by atoms with Crippen molar-refractivity contribution in [3.63, 3.8) is 0 Å². The van der Waals surface area contributed by atoms with Crippen LogP contribution in [-0.2, 0) is 6.42 Å². The lowest BCUT2D eigenvalue weighted by atomic mass is 9.64. The summed E-state index contributed by atoms with van der Waals surface area (Å²) in [7, 11) is 0. The fourth-order valence-electron chi connectivity index (χ4n) is 6.81. The Balaban J connectivity index is 1.12. The molecule has 4 atom stereocenters. The highest BCUT2D eigenvalue weighted by atomic mass is 19.2. The quantitative estimate of drug-likeness (QED) is 0.252. The molecule has 2 aliphatic rings. The summed E-state index contributed by atoms with van der Waals surface area (Å²) >= 11 is 0. The van der Waals surface area contributed by atoms with E-state index in [1.54, 1.807) is 6.92 Å². The number of fused-ring (bicyclic) bond motifs is 1. The zero-order valence-corrected chi connectivity index (χ0v) is 24.3. The van der Waals surface area contributed by atoms with Gasteiger partial charge < -0.3 is 9.47 Å². The summed E-state index contributed by atoms with van der Waals surface area (Å²) in [6, 6.07) is 21.3. The molecule has 0 N–H and O–H groups in total. The van der Waals surface area contributed by atoms with E-state index in [1.165, 1.54) is 66.5 Å². The zero-order chi connectivity index (χ0) is 28.1. The molecule has 0 heterocycles. The van der Waals surface area contributed by atoms with Crippen LogP contribution in [0.2, 0.25) is 0 Å². The molecule has 214 valence electrons. The van der Waals surface area contributed by atoms with Gasteiger partial charge in [-0.2, -0.15) is 8.78 Å². The minimum Gasteiger partial charge on any atom is -0.491 e. The lowest BCUT2D eigenvalue weighted by Gasteiger charge is -2.42. The molecule has 0 aromatic heterocycles. The third kappa shape index (κ3) is 6.87. The van der Waals surface area contributed by atoms with Crippen LogP contribution in [0.25, 0.3) is 11.1 Å². The molecule has 0 aliphatic heterocycles. The highest BCUT2D eigenvalue weighted by molar-refractivity contribution is 5.64. The Labute approximate surface area is 239 Å². The zero-order valence-electron chi connectivity index (χ0n) is 24.3. The summed E-state index contributed by atoms with van der Waals surface area (Å²) in [6.07, 6.45) is 9.48. The van der Waals surface area contributed by atoms with Crippen molar-refractivity contribution in [3.8, 4) is 22.6 Å². The normalized spacial score (nSPS) is 22.6. The summed E-state index contributed by atoms with van der Waals surface area (Å²) in [4.78, 5) is 0. The summed E-state index contributed by atoms with van der Waals surface area (Å²) in [5.74, 6) is 1.20. The highest BCUT2D eigenvalue weighted by Crippen LogP contribution is 2.48. The second kappa shape index (κ2) is 13.2. The van der Waals surface area contributed by atoms with E-state index in [9.17, 15) is 8.78 Å². The number of ether oxygens (including phenoxy) is 2. The Morgan fingerprint density at radius 3 is 1.98 bits per heavy atom. The molecule has 2 aliphatic carbocycles. The molecule has 0 spiro atoms. The maximum absolute atomic E-state index is 14.4. The first kappa shape index (κ1) is 28.6. The Kier molecular flexibility index (Phi) is 9.44. The van der Waals surface area contributed by atoms with Gasteiger partial charge in [-0.25, -0.2) is 0 Å². The van der Waals surface area contributed by atoms with Crippen molar-refractivity contribution in [2.75, 3.05) is 13.2 Å². The van der Waals surface area contributed by atoms with Crippen LogP contribution in [0, 0.1) is 35.3 Å². The fourth-order valence-corrected chi connectivity index (χ4v) is 6.81. The van der Waals surface area contributed by atoms with Crippen molar-refractivity contribution in [2.45, 2.75) is 78.1 Å². The Morgan fingerprint density at radius 2 is 1.32 bits per heavy atom. The summed E-state index contributed by atoms with van der Waals surface area (Å²) < 4.78 is 39.5. The monoisotopic (exact) mass is 546 g/mol. The molecule has 5 rings (SSSR count). The molecule has 0 saturated heterocycles. The van der Waals surface area contributed by atoms with Gasteiger partial charge in [-0.1, -0.05) is 62.4 Å². The third-order valence-electron chi connectivity index (χ3n) is 9.19. The van der Waals surface area contributed by atoms with Crippen LogP contribution in [-0.4, -0.2) is 13.2 Å².